The quantitative estimate of drug-likeness (QED) is 0.338. The normalized spacial score (nSPS) is 25.1. The molecule has 3 rings (SSSR count). The summed E-state index contributed by atoms with van der Waals surface area (Å²) < 4.78 is 5.74. The molecule has 23 heavy (non-hydrogen) atoms. The molecule has 1 aliphatic carbocycles. The lowest BCUT2D eigenvalue weighted by Crippen LogP contribution is -2.43. The molecule has 0 spiro atoms. The van der Waals surface area contributed by atoms with Gasteiger partial charge in [0.25, 0.3) is 0 Å². The molecule has 122 valence electrons. The average Bonchev–Trinajstić information content (AvgIpc) is 3.06. The molecule has 0 saturated heterocycles. The molecular weight excluding hydrogens is 360 g/mol. The van der Waals surface area contributed by atoms with Gasteiger partial charge in [-0.15, -0.1) is 0 Å². The van der Waals surface area contributed by atoms with Crippen molar-refractivity contribution in [2.24, 2.45) is 5.11 Å². The van der Waals surface area contributed by atoms with Crippen LogP contribution in [0.25, 0.3) is 10.4 Å². The largest absolute Gasteiger partial charge is 0.465 e. The standard InChI is InChI=1S/C16H19BrN4O2/c1-8(2)21-14-11(6-9(7-12(14)17)16(22)23-3)10-4-5-13(15(10)21)19-20-18/h6-8,10,13,15H,4-5H2,1-3H3/t10-,13+,15+/m0/s1. The lowest BCUT2D eigenvalue weighted by molar-refractivity contribution is 0.0600. The number of hydrogen-bond donors (Lipinski definition) is 0. The van der Waals surface area contributed by atoms with E-state index in [0.717, 1.165) is 28.6 Å². The van der Waals surface area contributed by atoms with Crippen molar-refractivity contribution in [3.8, 4) is 0 Å². The van der Waals surface area contributed by atoms with Crippen molar-refractivity contribution >= 4 is 27.6 Å². The molecule has 1 heterocycles. The highest BCUT2D eigenvalue weighted by Crippen LogP contribution is 2.53. The zero-order valence-electron chi connectivity index (χ0n) is 13.4. The number of rotatable bonds is 3. The van der Waals surface area contributed by atoms with Gasteiger partial charge < -0.3 is 9.64 Å². The molecule has 0 amide bonds. The molecule has 0 N–H and O–H groups in total. The van der Waals surface area contributed by atoms with Crippen LogP contribution in [-0.2, 0) is 4.74 Å². The molecule has 1 aromatic carbocycles. The molecule has 1 aromatic rings. The molecule has 6 nitrogen and oxygen atoms in total. The Kier molecular flexibility index (Phi) is 4.25. The number of methoxy groups -OCH3 is 1. The lowest BCUT2D eigenvalue weighted by Gasteiger charge is -2.34. The van der Waals surface area contributed by atoms with Gasteiger partial charge in [-0.2, -0.15) is 0 Å². The van der Waals surface area contributed by atoms with Crippen molar-refractivity contribution in [1.82, 2.24) is 0 Å². The van der Waals surface area contributed by atoms with Crippen molar-refractivity contribution in [2.45, 2.75) is 50.7 Å². The van der Waals surface area contributed by atoms with E-state index in [4.69, 9.17) is 10.3 Å². The number of hydrogen-bond acceptors (Lipinski definition) is 4. The SMILES string of the molecule is COC(=O)c1cc(Br)c2c(c1)[C@@H]1CC[C@@H](N=[N+]=[N-])[C@@H]1N2C(C)C. The Morgan fingerprint density at radius 2 is 2.22 bits per heavy atom. The molecule has 3 atom stereocenters. The van der Waals surface area contributed by atoms with Gasteiger partial charge in [-0.05, 0) is 65.8 Å². The fourth-order valence-corrected chi connectivity index (χ4v) is 4.71. The maximum absolute atomic E-state index is 11.9. The van der Waals surface area contributed by atoms with E-state index in [0.29, 0.717) is 5.56 Å². The van der Waals surface area contributed by atoms with Crippen LogP contribution in [-0.4, -0.2) is 31.2 Å². The summed E-state index contributed by atoms with van der Waals surface area (Å²) in [6.07, 6.45) is 1.84. The Labute approximate surface area is 143 Å². The van der Waals surface area contributed by atoms with Crippen LogP contribution < -0.4 is 4.90 Å². The Hall–Kier alpha value is -1.72. The summed E-state index contributed by atoms with van der Waals surface area (Å²) in [7, 11) is 1.39. The van der Waals surface area contributed by atoms with E-state index in [2.05, 4.69) is 44.7 Å². The number of carbonyl (C=O) groups is 1. The monoisotopic (exact) mass is 378 g/mol. The minimum absolute atomic E-state index is 0.0340. The first-order chi connectivity index (χ1) is 11.0. The second kappa shape index (κ2) is 6.06. The van der Waals surface area contributed by atoms with Gasteiger partial charge in [0.05, 0.1) is 24.4 Å². The van der Waals surface area contributed by atoms with E-state index in [9.17, 15) is 4.79 Å². The Bertz CT molecular complexity index is 700. The fraction of sp³-hybridized carbons (Fsp3) is 0.562. The Morgan fingerprint density at radius 3 is 2.83 bits per heavy atom. The van der Waals surface area contributed by atoms with E-state index in [1.807, 2.05) is 12.1 Å². The first-order valence-electron chi connectivity index (χ1n) is 7.73. The number of ether oxygens (including phenoxy) is 1. The Morgan fingerprint density at radius 1 is 1.48 bits per heavy atom. The smallest absolute Gasteiger partial charge is 0.337 e. The number of nitrogens with zero attached hydrogens (tertiary/aromatic N) is 4. The highest BCUT2D eigenvalue weighted by atomic mass is 79.9. The minimum atomic E-state index is -0.336. The number of carbonyl (C=O) groups excluding carboxylic acids is 1. The first-order valence-corrected chi connectivity index (χ1v) is 8.53. The first kappa shape index (κ1) is 16.1. The second-order valence-electron chi connectivity index (χ2n) is 6.34. The summed E-state index contributed by atoms with van der Waals surface area (Å²) in [5.74, 6) is -0.0542. The van der Waals surface area contributed by atoms with E-state index in [1.54, 1.807) is 0 Å². The van der Waals surface area contributed by atoms with Crippen LogP contribution >= 0.6 is 15.9 Å². The summed E-state index contributed by atoms with van der Waals surface area (Å²) in [4.78, 5) is 17.3. The average molecular weight is 379 g/mol. The molecule has 0 bridgehead atoms. The van der Waals surface area contributed by atoms with Gasteiger partial charge in [-0.25, -0.2) is 4.79 Å². The van der Waals surface area contributed by atoms with Gasteiger partial charge in [0.15, 0.2) is 0 Å². The van der Waals surface area contributed by atoms with Gasteiger partial charge in [0.1, 0.15) is 0 Å². The summed E-state index contributed by atoms with van der Waals surface area (Å²) in [6.45, 7) is 4.27. The predicted octanol–water partition coefficient (Wildman–Crippen LogP) is 4.39. The van der Waals surface area contributed by atoms with Gasteiger partial charge in [0, 0.05) is 27.4 Å². The molecule has 7 heteroatoms. The number of fused-ring (bicyclic) bond motifs is 3. The summed E-state index contributed by atoms with van der Waals surface area (Å²) in [5, 5.41) is 4.02. The number of benzene rings is 1. The van der Waals surface area contributed by atoms with E-state index >= 15 is 0 Å². The van der Waals surface area contributed by atoms with E-state index in [1.165, 1.54) is 7.11 Å². The number of anilines is 1. The molecule has 1 aliphatic heterocycles. The van der Waals surface area contributed by atoms with Crippen LogP contribution in [0.15, 0.2) is 21.7 Å². The Balaban J connectivity index is 2.14. The maximum atomic E-state index is 11.9. The van der Waals surface area contributed by atoms with Crippen molar-refractivity contribution in [3.63, 3.8) is 0 Å². The van der Waals surface area contributed by atoms with E-state index in [-0.39, 0.29) is 30.0 Å². The van der Waals surface area contributed by atoms with Crippen LogP contribution in [0.1, 0.15) is 48.5 Å². The summed E-state index contributed by atoms with van der Waals surface area (Å²) in [6, 6.07) is 4.14. The topological polar surface area (TPSA) is 78.3 Å². The van der Waals surface area contributed by atoms with Gasteiger partial charge >= 0.3 is 5.97 Å². The van der Waals surface area contributed by atoms with Gasteiger partial charge in [-0.1, -0.05) is 5.11 Å². The van der Waals surface area contributed by atoms with Crippen LogP contribution in [0.4, 0.5) is 5.69 Å². The summed E-state index contributed by atoms with van der Waals surface area (Å²) >= 11 is 3.62. The molecule has 0 radical (unpaired) electrons. The van der Waals surface area contributed by atoms with Crippen molar-refractivity contribution in [3.05, 3.63) is 38.2 Å². The third-order valence-corrected chi connectivity index (χ3v) is 5.43. The third-order valence-electron chi connectivity index (χ3n) is 4.83. The lowest BCUT2D eigenvalue weighted by atomic mass is 9.95. The number of azide groups is 1. The van der Waals surface area contributed by atoms with E-state index < -0.39 is 0 Å². The van der Waals surface area contributed by atoms with Crippen molar-refractivity contribution in [2.75, 3.05) is 12.0 Å². The number of esters is 1. The van der Waals surface area contributed by atoms with Crippen LogP contribution in [0, 0.1) is 0 Å². The summed E-state index contributed by atoms with van der Waals surface area (Å²) in [5.41, 5.74) is 11.7. The molecule has 0 unspecified atom stereocenters. The molecule has 1 saturated carbocycles. The molecule has 0 aromatic heterocycles. The van der Waals surface area contributed by atoms with Gasteiger partial charge in [0.2, 0.25) is 0 Å². The van der Waals surface area contributed by atoms with Crippen LogP contribution in [0.3, 0.4) is 0 Å². The fourth-order valence-electron chi connectivity index (χ4n) is 4.03. The number of halogens is 1. The minimum Gasteiger partial charge on any atom is -0.465 e. The van der Waals surface area contributed by atoms with Crippen molar-refractivity contribution in [1.29, 1.82) is 0 Å². The second-order valence-corrected chi connectivity index (χ2v) is 7.19. The van der Waals surface area contributed by atoms with Gasteiger partial charge in [-0.3, -0.25) is 0 Å². The molecule has 2 aliphatic rings. The maximum Gasteiger partial charge on any atom is 0.337 e. The zero-order chi connectivity index (χ0) is 16.7. The zero-order valence-corrected chi connectivity index (χ0v) is 14.9. The van der Waals surface area contributed by atoms with Crippen LogP contribution in [0.5, 0.6) is 0 Å². The third kappa shape index (κ3) is 2.48. The highest BCUT2D eigenvalue weighted by Gasteiger charge is 2.48. The predicted molar refractivity (Wildman–Crippen MR) is 91.8 cm³/mol. The van der Waals surface area contributed by atoms with Crippen LogP contribution in [0.2, 0.25) is 0 Å². The van der Waals surface area contributed by atoms with Crippen molar-refractivity contribution < 1.29 is 9.53 Å². The molecule has 1 fully saturated rings. The highest BCUT2D eigenvalue weighted by molar-refractivity contribution is 9.10. The molecular formula is C16H19BrN4O2.